The van der Waals surface area contributed by atoms with Crippen molar-refractivity contribution in [1.29, 1.82) is 0 Å². The highest BCUT2D eigenvalue weighted by molar-refractivity contribution is 5.35. The molecule has 0 bridgehead atoms. The van der Waals surface area contributed by atoms with E-state index in [0.29, 0.717) is 12.5 Å². The molecule has 0 amide bonds. The zero-order valence-corrected chi connectivity index (χ0v) is 10.4. The van der Waals surface area contributed by atoms with E-state index in [9.17, 15) is 0 Å². The van der Waals surface area contributed by atoms with E-state index in [1.54, 1.807) is 7.11 Å². The number of methoxy groups -OCH3 is 1. The smallest absolute Gasteiger partial charge is 0.134 e. The van der Waals surface area contributed by atoms with Crippen molar-refractivity contribution in [2.24, 2.45) is 0 Å². The molecule has 5 nitrogen and oxygen atoms in total. The van der Waals surface area contributed by atoms with Gasteiger partial charge in [-0.25, -0.2) is 9.97 Å². The summed E-state index contributed by atoms with van der Waals surface area (Å²) in [6, 6.07) is 1.92. The summed E-state index contributed by atoms with van der Waals surface area (Å²) in [6.45, 7) is 2.13. The molecule has 1 saturated heterocycles. The van der Waals surface area contributed by atoms with Crippen LogP contribution in [0.4, 0.5) is 5.82 Å². The van der Waals surface area contributed by atoms with Crippen molar-refractivity contribution in [3.63, 3.8) is 0 Å². The molecule has 17 heavy (non-hydrogen) atoms. The van der Waals surface area contributed by atoms with Gasteiger partial charge < -0.3 is 14.8 Å². The zero-order chi connectivity index (χ0) is 12.1. The second kappa shape index (κ2) is 5.93. The van der Waals surface area contributed by atoms with Gasteiger partial charge in [-0.1, -0.05) is 0 Å². The first-order valence-electron chi connectivity index (χ1n) is 5.95. The van der Waals surface area contributed by atoms with Crippen LogP contribution in [0, 0.1) is 0 Å². The lowest BCUT2D eigenvalue weighted by Crippen LogP contribution is -2.17. The Labute approximate surface area is 102 Å². The van der Waals surface area contributed by atoms with E-state index in [1.165, 1.54) is 0 Å². The molecule has 0 spiro atoms. The Kier molecular flexibility index (Phi) is 4.28. The van der Waals surface area contributed by atoms with Gasteiger partial charge in [-0.2, -0.15) is 0 Å². The van der Waals surface area contributed by atoms with E-state index >= 15 is 0 Å². The van der Waals surface area contributed by atoms with Crippen molar-refractivity contribution in [3.05, 3.63) is 17.6 Å². The van der Waals surface area contributed by atoms with E-state index in [4.69, 9.17) is 9.47 Å². The maximum atomic E-state index is 5.36. The third kappa shape index (κ3) is 3.14. The topological polar surface area (TPSA) is 56.3 Å². The predicted molar refractivity (Wildman–Crippen MR) is 65.1 cm³/mol. The molecule has 1 aromatic rings. The van der Waals surface area contributed by atoms with Gasteiger partial charge in [0.25, 0.3) is 0 Å². The molecule has 1 fully saturated rings. The Bertz CT molecular complexity index is 365. The number of aromatic nitrogens is 2. The highest BCUT2D eigenvalue weighted by Crippen LogP contribution is 2.25. The Morgan fingerprint density at radius 1 is 1.41 bits per heavy atom. The van der Waals surface area contributed by atoms with Crippen LogP contribution in [0.1, 0.15) is 30.3 Å². The van der Waals surface area contributed by atoms with Gasteiger partial charge in [0, 0.05) is 39.4 Å². The molecule has 0 aromatic carbocycles. The summed E-state index contributed by atoms with van der Waals surface area (Å²) in [5.41, 5.74) is 0.924. The first-order chi connectivity index (χ1) is 8.33. The third-order valence-electron chi connectivity index (χ3n) is 2.93. The third-order valence-corrected chi connectivity index (χ3v) is 2.93. The van der Waals surface area contributed by atoms with Crippen molar-refractivity contribution in [2.75, 3.05) is 32.7 Å². The van der Waals surface area contributed by atoms with Gasteiger partial charge >= 0.3 is 0 Å². The second-order valence-corrected chi connectivity index (χ2v) is 4.17. The Morgan fingerprint density at radius 2 is 2.18 bits per heavy atom. The first-order valence-corrected chi connectivity index (χ1v) is 5.95. The molecule has 1 aliphatic heterocycles. The highest BCUT2D eigenvalue weighted by atomic mass is 16.5. The normalized spacial score (nSPS) is 17.1. The van der Waals surface area contributed by atoms with Gasteiger partial charge in [-0.05, 0) is 12.8 Å². The molecular weight excluding hydrogens is 218 g/mol. The van der Waals surface area contributed by atoms with Crippen molar-refractivity contribution < 1.29 is 9.47 Å². The molecule has 5 heteroatoms. The summed E-state index contributed by atoms with van der Waals surface area (Å²) >= 11 is 0. The SMILES string of the molecule is CNc1cc(COC)nc(C2CCOCC2)n1. The highest BCUT2D eigenvalue weighted by Gasteiger charge is 2.19. The van der Waals surface area contributed by atoms with Crippen molar-refractivity contribution in [3.8, 4) is 0 Å². The summed E-state index contributed by atoms with van der Waals surface area (Å²) in [6.07, 6.45) is 2.00. The monoisotopic (exact) mass is 237 g/mol. The van der Waals surface area contributed by atoms with E-state index in [1.807, 2.05) is 13.1 Å². The van der Waals surface area contributed by atoms with E-state index in [2.05, 4.69) is 15.3 Å². The minimum atomic E-state index is 0.410. The molecule has 1 N–H and O–H groups in total. The first kappa shape index (κ1) is 12.3. The fraction of sp³-hybridized carbons (Fsp3) is 0.667. The molecule has 0 atom stereocenters. The maximum absolute atomic E-state index is 5.36. The van der Waals surface area contributed by atoms with Gasteiger partial charge in [0.1, 0.15) is 11.6 Å². The Hall–Kier alpha value is -1.20. The number of nitrogens with zero attached hydrogens (tertiary/aromatic N) is 2. The number of hydrogen-bond donors (Lipinski definition) is 1. The molecule has 0 saturated carbocycles. The van der Waals surface area contributed by atoms with Crippen LogP contribution in [-0.2, 0) is 16.1 Å². The van der Waals surface area contributed by atoms with Gasteiger partial charge in [-0.3, -0.25) is 0 Å². The lowest BCUT2D eigenvalue weighted by Gasteiger charge is -2.21. The van der Waals surface area contributed by atoms with Crippen LogP contribution in [0.15, 0.2) is 6.07 Å². The Morgan fingerprint density at radius 3 is 2.82 bits per heavy atom. The minimum absolute atomic E-state index is 0.410. The lowest BCUT2D eigenvalue weighted by molar-refractivity contribution is 0.0834. The molecule has 0 radical (unpaired) electrons. The van der Waals surface area contributed by atoms with Gasteiger partial charge in [0.05, 0.1) is 12.3 Å². The van der Waals surface area contributed by atoms with E-state index in [0.717, 1.165) is 43.4 Å². The van der Waals surface area contributed by atoms with Crippen LogP contribution in [0.3, 0.4) is 0 Å². The maximum Gasteiger partial charge on any atom is 0.134 e. The largest absolute Gasteiger partial charge is 0.381 e. The molecule has 2 rings (SSSR count). The van der Waals surface area contributed by atoms with Crippen LogP contribution >= 0.6 is 0 Å². The van der Waals surface area contributed by atoms with Crippen molar-refractivity contribution in [2.45, 2.75) is 25.4 Å². The van der Waals surface area contributed by atoms with Crippen LogP contribution in [0.2, 0.25) is 0 Å². The van der Waals surface area contributed by atoms with Crippen molar-refractivity contribution >= 4 is 5.82 Å². The van der Waals surface area contributed by atoms with Gasteiger partial charge in [0.15, 0.2) is 0 Å². The number of rotatable bonds is 4. The fourth-order valence-electron chi connectivity index (χ4n) is 2.01. The molecule has 1 aliphatic rings. The van der Waals surface area contributed by atoms with Crippen LogP contribution in [-0.4, -0.2) is 37.3 Å². The molecule has 94 valence electrons. The number of anilines is 1. The number of hydrogen-bond acceptors (Lipinski definition) is 5. The molecule has 0 unspecified atom stereocenters. The second-order valence-electron chi connectivity index (χ2n) is 4.17. The minimum Gasteiger partial charge on any atom is -0.381 e. The molecule has 2 heterocycles. The standard InChI is InChI=1S/C12H19N3O2/c1-13-11-7-10(8-16-2)14-12(15-11)9-3-5-17-6-4-9/h7,9H,3-6,8H2,1-2H3,(H,13,14,15). The average Bonchev–Trinajstić information content (AvgIpc) is 2.40. The summed E-state index contributed by atoms with van der Waals surface area (Å²) < 4.78 is 10.5. The number of ether oxygens (including phenoxy) is 2. The Balaban J connectivity index is 2.21. The van der Waals surface area contributed by atoms with Gasteiger partial charge in [-0.15, -0.1) is 0 Å². The quantitative estimate of drug-likeness (QED) is 0.861. The molecule has 1 aromatic heterocycles. The van der Waals surface area contributed by atoms with Crippen LogP contribution < -0.4 is 5.32 Å². The summed E-state index contributed by atoms with van der Waals surface area (Å²) in [7, 11) is 3.54. The zero-order valence-electron chi connectivity index (χ0n) is 10.4. The molecular formula is C12H19N3O2. The lowest BCUT2D eigenvalue weighted by atomic mass is 9.99. The molecule has 0 aliphatic carbocycles. The van der Waals surface area contributed by atoms with Crippen LogP contribution in [0.5, 0.6) is 0 Å². The fourth-order valence-corrected chi connectivity index (χ4v) is 2.01. The van der Waals surface area contributed by atoms with Crippen LogP contribution in [0.25, 0.3) is 0 Å². The van der Waals surface area contributed by atoms with Crippen molar-refractivity contribution in [1.82, 2.24) is 9.97 Å². The number of nitrogens with one attached hydrogen (secondary N) is 1. The van der Waals surface area contributed by atoms with E-state index in [-0.39, 0.29) is 0 Å². The summed E-state index contributed by atoms with van der Waals surface area (Å²) in [5, 5.41) is 3.07. The summed E-state index contributed by atoms with van der Waals surface area (Å²) in [5.74, 6) is 2.17. The predicted octanol–water partition coefficient (Wildman–Crippen LogP) is 1.56. The van der Waals surface area contributed by atoms with E-state index < -0.39 is 0 Å². The average molecular weight is 237 g/mol. The van der Waals surface area contributed by atoms with Gasteiger partial charge in [0.2, 0.25) is 0 Å². The summed E-state index contributed by atoms with van der Waals surface area (Å²) in [4.78, 5) is 9.09.